The Kier molecular flexibility index (Phi) is 1.81. The Balaban J connectivity index is 2.30. The van der Waals surface area contributed by atoms with Gasteiger partial charge in [0.2, 0.25) is 0 Å². The first kappa shape index (κ1) is 9.97. The third kappa shape index (κ3) is 1.37. The van der Waals surface area contributed by atoms with E-state index in [1.807, 2.05) is 0 Å². The van der Waals surface area contributed by atoms with Crippen LogP contribution in [-0.2, 0) is 5.54 Å². The van der Waals surface area contributed by atoms with E-state index in [0.29, 0.717) is 0 Å². The number of nitrogens with two attached hydrogens (primary N) is 1. The molecule has 2 rings (SSSR count). The molecule has 1 atom stereocenters. The minimum Gasteiger partial charge on any atom is -0.316 e. The van der Waals surface area contributed by atoms with Crippen molar-refractivity contribution >= 4 is 5.69 Å². The molecule has 0 bridgehead atoms. The number of benzene rings is 1. The zero-order valence-electron chi connectivity index (χ0n) is 7.61. The Morgan fingerprint density at radius 2 is 1.80 bits per heavy atom. The van der Waals surface area contributed by atoms with E-state index in [1.165, 1.54) is 24.3 Å². The molecule has 0 aliphatic heterocycles. The first-order valence-electron chi connectivity index (χ1n) is 4.28. The van der Waals surface area contributed by atoms with E-state index in [9.17, 15) is 18.9 Å². The summed E-state index contributed by atoms with van der Waals surface area (Å²) in [6.45, 7) is 0. The molecular weight excluding hydrogens is 206 g/mol. The van der Waals surface area contributed by atoms with Crippen molar-refractivity contribution in [3.05, 3.63) is 39.9 Å². The molecule has 1 fully saturated rings. The van der Waals surface area contributed by atoms with Gasteiger partial charge in [-0.05, 0) is 5.56 Å². The van der Waals surface area contributed by atoms with Gasteiger partial charge in [-0.1, -0.05) is 12.1 Å². The number of non-ortho nitro benzene ring substituents is 1. The van der Waals surface area contributed by atoms with E-state index in [4.69, 9.17) is 5.73 Å². The van der Waals surface area contributed by atoms with Gasteiger partial charge in [-0.25, -0.2) is 8.78 Å². The summed E-state index contributed by atoms with van der Waals surface area (Å²) in [7, 11) is 0. The van der Waals surface area contributed by atoms with Crippen LogP contribution >= 0.6 is 0 Å². The highest BCUT2D eigenvalue weighted by Crippen LogP contribution is 2.57. The van der Waals surface area contributed by atoms with Crippen molar-refractivity contribution in [2.45, 2.75) is 17.9 Å². The van der Waals surface area contributed by atoms with Crippen molar-refractivity contribution in [1.82, 2.24) is 0 Å². The molecule has 0 radical (unpaired) electrons. The van der Waals surface area contributed by atoms with Crippen LogP contribution in [0.15, 0.2) is 24.3 Å². The molecule has 1 unspecified atom stereocenters. The van der Waals surface area contributed by atoms with Crippen LogP contribution in [0.25, 0.3) is 0 Å². The van der Waals surface area contributed by atoms with Gasteiger partial charge in [-0.15, -0.1) is 0 Å². The fraction of sp³-hybridized carbons (Fsp3) is 0.333. The van der Waals surface area contributed by atoms with Gasteiger partial charge in [0.25, 0.3) is 11.6 Å². The summed E-state index contributed by atoms with van der Waals surface area (Å²) in [6.07, 6.45) is -0.405. The summed E-state index contributed by atoms with van der Waals surface area (Å²) in [4.78, 5) is 9.75. The van der Waals surface area contributed by atoms with Gasteiger partial charge >= 0.3 is 0 Å². The smallest absolute Gasteiger partial charge is 0.272 e. The van der Waals surface area contributed by atoms with Crippen LogP contribution in [0.2, 0.25) is 0 Å². The van der Waals surface area contributed by atoms with Crippen LogP contribution in [0.3, 0.4) is 0 Å². The molecule has 1 saturated carbocycles. The lowest BCUT2D eigenvalue weighted by atomic mass is 10.1. The van der Waals surface area contributed by atoms with E-state index in [2.05, 4.69) is 0 Å². The number of nitro groups is 1. The molecule has 4 nitrogen and oxygen atoms in total. The summed E-state index contributed by atoms with van der Waals surface area (Å²) >= 11 is 0. The molecule has 1 aliphatic carbocycles. The molecule has 0 aromatic heterocycles. The summed E-state index contributed by atoms with van der Waals surface area (Å²) in [5.74, 6) is -2.90. The van der Waals surface area contributed by atoms with Gasteiger partial charge in [-0.2, -0.15) is 0 Å². The van der Waals surface area contributed by atoms with Gasteiger partial charge in [0.15, 0.2) is 0 Å². The second-order valence-corrected chi connectivity index (χ2v) is 3.66. The Hall–Kier alpha value is -1.56. The van der Waals surface area contributed by atoms with Gasteiger partial charge < -0.3 is 5.73 Å². The molecule has 0 saturated heterocycles. The number of hydrogen-bond acceptors (Lipinski definition) is 3. The lowest BCUT2D eigenvalue weighted by Gasteiger charge is -2.09. The summed E-state index contributed by atoms with van der Waals surface area (Å²) in [6, 6.07) is 4.91. The summed E-state index contributed by atoms with van der Waals surface area (Å²) in [5.41, 5.74) is 3.92. The molecular formula is C9H8F2N2O2. The number of alkyl halides is 2. The molecule has 1 aliphatic rings. The minimum absolute atomic E-state index is 0.133. The average molecular weight is 214 g/mol. The third-order valence-electron chi connectivity index (χ3n) is 2.62. The number of hydrogen-bond donors (Lipinski definition) is 1. The second-order valence-electron chi connectivity index (χ2n) is 3.66. The normalized spacial score (nSPS) is 27.4. The Bertz CT molecular complexity index is 419. The van der Waals surface area contributed by atoms with Crippen molar-refractivity contribution in [3.63, 3.8) is 0 Å². The molecule has 15 heavy (non-hydrogen) atoms. The Labute approximate surface area is 83.8 Å². The third-order valence-corrected chi connectivity index (χ3v) is 2.62. The lowest BCUT2D eigenvalue weighted by Crippen LogP contribution is -2.26. The van der Waals surface area contributed by atoms with E-state index >= 15 is 0 Å². The van der Waals surface area contributed by atoms with Gasteiger partial charge in [0, 0.05) is 18.6 Å². The van der Waals surface area contributed by atoms with Gasteiger partial charge in [0.05, 0.1) is 4.92 Å². The van der Waals surface area contributed by atoms with E-state index in [0.717, 1.165) is 0 Å². The molecule has 1 aromatic rings. The minimum atomic E-state index is -2.90. The number of nitro benzene ring substituents is 1. The van der Waals surface area contributed by atoms with E-state index in [1.54, 1.807) is 0 Å². The van der Waals surface area contributed by atoms with Crippen LogP contribution < -0.4 is 5.73 Å². The SMILES string of the molecule is NC1(c2ccc([N+](=O)[O-])cc2)CC1(F)F. The van der Waals surface area contributed by atoms with E-state index < -0.39 is 22.8 Å². The average Bonchev–Trinajstić information content (AvgIpc) is 2.67. The molecule has 2 N–H and O–H groups in total. The van der Waals surface area contributed by atoms with Crippen molar-refractivity contribution < 1.29 is 13.7 Å². The standard InChI is InChI=1S/C9H8F2N2O2/c10-9(11)5-8(9,12)6-1-3-7(4-2-6)13(14)15/h1-4H,5,12H2. The zero-order valence-corrected chi connectivity index (χ0v) is 7.61. The van der Waals surface area contributed by atoms with Gasteiger partial charge in [0.1, 0.15) is 5.54 Å². The molecule has 1 aromatic carbocycles. The maximum Gasteiger partial charge on any atom is 0.272 e. The van der Waals surface area contributed by atoms with Crippen molar-refractivity contribution in [1.29, 1.82) is 0 Å². The fourth-order valence-corrected chi connectivity index (χ4v) is 1.50. The monoisotopic (exact) mass is 214 g/mol. The van der Waals surface area contributed by atoms with Crippen molar-refractivity contribution in [2.75, 3.05) is 0 Å². The molecule has 80 valence electrons. The quantitative estimate of drug-likeness (QED) is 0.602. The molecule has 6 heteroatoms. The van der Waals surface area contributed by atoms with Crippen LogP contribution in [0.5, 0.6) is 0 Å². The highest BCUT2D eigenvalue weighted by molar-refractivity contribution is 5.41. The largest absolute Gasteiger partial charge is 0.316 e. The molecule has 0 amide bonds. The first-order chi connectivity index (χ1) is 6.87. The number of nitrogens with zero attached hydrogens (tertiary/aromatic N) is 1. The molecule has 0 heterocycles. The fourth-order valence-electron chi connectivity index (χ4n) is 1.50. The van der Waals surface area contributed by atoms with E-state index in [-0.39, 0.29) is 11.3 Å². The summed E-state index contributed by atoms with van der Waals surface area (Å²) in [5, 5.41) is 10.3. The van der Waals surface area contributed by atoms with Crippen LogP contribution in [0.4, 0.5) is 14.5 Å². The summed E-state index contributed by atoms with van der Waals surface area (Å²) < 4.78 is 25.7. The maximum atomic E-state index is 12.9. The molecule has 0 spiro atoms. The Morgan fingerprint density at radius 3 is 2.13 bits per heavy atom. The number of halogens is 2. The van der Waals surface area contributed by atoms with Crippen molar-refractivity contribution in [2.24, 2.45) is 5.73 Å². The predicted octanol–water partition coefficient (Wildman–Crippen LogP) is 1.79. The van der Waals surface area contributed by atoms with Crippen molar-refractivity contribution in [3.8, 4) is 0 Å². The highest BCUT2D eigenvalue weighted by Gasteiger charge is 2.69. The lowest BCUT2D eigenvalue weighted by molar-refractivity contribution is -0.384. The first-order valence-corrected chi connectivity index (χ1v) is 4.28. The number of rotatable bonds is 2. The zero-order chi connectivity index (χ0) is 11.3. The van der Waals surface area contributed by atoms with Crippen LogP contribution in [0, 0.1) is 10.1 Å². The topological polar surface area (TPSA) is 69.2 Å². The van der Waals surface area contributed by atoms with Crippen LogP contribution in [0.1, 0.15) is 12.0 Å². The van der Waals surface area contributed by atoms with Crippen LogP contribution in [-0.4, -0.2) is 10.8 Å². The Morgan fingerprint density at radius 1 is 1.33 bits per heavy atom. The predicted molar refractivity (Wildman–Crippen MR) is 48.5 cm³/mol. The second kappa shape index (κ2) is 2.73. The maximum absolute atomic E-state index is 12.9. The highest BCUT2D eigenvalue weighted by atomic mass is 19.3. The van der Waals surface area contributed by atoms with Gasteiger partial charge in [-0.3, -0.25) is 10.1 Å².